The van der Waals surface area contributed by atoms with Crippen molar-refractivity contribution in [1.29, 1.82) is 0 Å². The number of rotatable bonds is 6. The Bertz CT molecular complexity index is 426. The third-order valence-corrected chi connectivity index (χ3v) is 3.21. The van der Waals surface area contributed by atoms with Gasteiger partial charge in [-0.3, -0.25) is 0 Å². The smallest absolute Gasteiger partial charge is 0.224 e. The van der Waals surface area contributed by atoms with Gasteiger partial charge in [-0.15, -0.1) is 0 Å². The molecule has 0 atom stereocenters. The zero-order valence-electron chi connectivity index (χ0n) is 11.9. The molecule has 1 aliphatic rings. The Hall–Kier alpha value is -1.58. The molecule has 2 N–H and O–H groups in total. The average Bonchev–Trinajstić information content (AvgIpc) is 2.40. The molecule has 0 unspecified atom stereocenters. The molecule has 1 heterocycles. The fourth-order valence-corrected chi connectivity index (χ4v) is 2.29. The van der Waals surface area contributed by atoms with Gasteiger partial charge >= 0.3 is 0 Å². The average molecular weight is 260 g/mol. The number of anilines is 2. The number of aromatic nitrogens is 2. The van der Waals surface area contributed by atoms with E-state index >= 15 is 0 Å². The highest BCUT2D eigenvalue weighted by Crippen LogP contribution is 2.19. The summed E-state index contributed by atoms with van der Waals surface area (Å²) < 4.78 is 0. The van der Waals surface area contributed by atoms with Crippen molar-refractivity contribution in [3.8, 4) is 0 Å². The summed E-state index contributed by atoms with van der Waals surface area (Å²) in [6, 6.07) is 2.28. The van der Waals surface area contributed by atoms with Crippen molar-refractivity contribution >= 4 is 11.8 Å². The molecule has 0 bridgehead atoms. The van der Waals surface area contributed by atoms with Crippen molar-refractivity contribution in [2.45, 2.75) is 52.0 Å². The van der Waals surface area contributed by atoms with Crippen LogP contribution in [0.3, 0.4) is 0 Å². The molecular weight excluding hydrogens is 236 g/mol. The monoisotopic (exact) mass is 260 g/mol. The van der Waals surface area contributed by atoms with Crippen LogP contribution in [0.25, 0.3) is 0 Å². The molecular formula is C15H24N4. The molecule has 0 saturated carbocycles. The summed E-state index contributed by atoms with van der Waals surface area (Å²) >= 11 is 0. The Kier molecular flexibility index (Phi) is 5.19. The van der Waals surface area contributed by atoms with Crippen LogP contribution in [0.2, 0.25) is 0 Å². The predicted molar refractivity (Wildman–Crippen MR) is 80.4 cm³/mol. The first-order valence-corrected chi connectivity index (χ1v) is 7.25. The molecule has 19 heavy (non-hydrogen) atoms. The van der Waals surface area contributed by atoms with E-state index in [0.717, 1.165) is 18.8 Å². The molecule has 104 valence electrons. The highest BCUT2D eigenvalue weighted by Gasteiger charge is 2.04. The van der Waals surface area contributed by atoms with E-state index in [1.54, 1.807) is 11.8 Å². The largest absolute Gasteiger partial charge is 0.368 e. The summed E-state index contributed by atoms with van der Waals surface area (Å²) in [4.78, 5) is 8.69. The molecule has 1 aromatic rings. The predicted octanol–water partition coefficient (Wildman–Crippen LogP) is 3.60. The van der Waals surface area contributed by atoms with Gasteiger partial charge < -0.3 is 10.6 Å². The van der Waals surface area contributed by atoms with Crippen LogP contribution in [-0.2, 0) is 0 Å². The second-order valence-electron chi connectivity index (χ2n) is 5.35. The molecule has 0 saturated heterocycles. The summed E-state index contributed by atoms with van der Waals surface area (Å²) in [5, 5.41) is 6.58. The summed E-state index contributed by atoms with van der Waals surface area (Å²) in [5.74, 6) is 1.59. The molecule has 1 aliphatic carbocycles. The van der Waals surface area contributed by atoms with Crippen LogP contribution in [0.1, 0.15) is 46.0 Å². The van der Waals surface area contributed by atoms with Crippen molar-refractivity contribution < 1.29 is 0 Å². The SMILES string of the molecule is CC(C)Nc1ccnc(NCCC2=CCCCC2)n1. The summed E-state index contributed by atoms with van der Waals surface area (Å²) in [7, 11) is 0. The summed E-state index contributed by atoms with van der Waals surface area (Å²) in [6.45, 7) is 5.12. The number of allylic oxidation sites excluding steroid dienone is 1. The molecule has 0 aromatic carbocycles. The first-order valence-electron chi connectivity index (χ1n) is 7.25. The Morgan fingerprint density at radius 3 is 2.95 bits per heavy atom. The van der Waals surface area contributed by atoms with Gasteiger partial charge in [0, 0.05) is 18.8 Å². The maximum absolute atomic E-state index is 4.44. The van der Waals surface area contributed by atoms with Crippen LogP contribution in [0.15, 0.2) is 23.9 Å². The van der Waals surface area contributed by atoms with E-state index in [-0.39, 0.29) is 0 Å². The minimum absolute atomic E-state index is 0.384. The molecule has 0 radical (unpaired) electrons. The highest BCUT2D eigenvalue weighted by atomic mass is 15.1. The van der Waals surface area contributed by atoms with Crippen LogP contribution in [0.5, 0.6) is 0 Å². The molecule has 2 rings (SSSR count). The van der Waals surface area contributed by atoms with E-state index < -0.39 is 0 Å². The van der Waals surface area contributed by atoms with Crippen molar-refractivity contribution in [2.75, 3.05) is 17.2 Å². The maximum atomic E-state index is 4.44. The lowest BCUT2D eigenvalue weighted by Gasteiger charge is -2.13. The van der Waals surface area contributed by atoms with Gasteiger partial charge in [0.25, 0.3) is 0 Å². The number of hydrogen-bond donors (Lipinski definition) is 2. The molecule has 1 aromatic heterocycles. The highest BCUT2D eigenvalue weighted by molar-refractivity contribution is 5.40. The summed E-state index contributed by atoms with van der Waals surface area (Å²) in [6.07, 6.45) is 10.5. The molecule has 4 heteroatoms. The lowest BCUT2D eigenvalue weighted by atomic mass is 9.97. The Labute approximate surface area is 115 Å². The lowest BCUT2D eigenvalue weighted by Crippen LogP contribution is -2.13. The number of nitrogens with one attached hydrogen (secondary N) is 2. The van der Waals surface area contributed by atoms with E-state index in [2.05, 4.69) is 40.5 Å². The number of hydrogen-bond acceptors (Lipinski definition) is 4. The van der Waals surface area contributed by atoms with E-state index in [9.17, 15) is 0 Å². The first kappa shape index (κ1) is 13.8. The van der Waals surface area contributed by atoms with Gasteiger partial charge in [-0.2, -0.15) is 4.98 Å². The van der Waals surface area contributed by atoms with E-state index in [1.165, 1.54) is 25.7 Å². The first-order chi connectivity index (χ1) is 9.24. The van der Waals surface area contributed by atoms with Gasteiger partial charge in [0.15, 0.2) is 0 Å². The lowest BCUT2D eigenvalue weighted by molar-refractivity contribution is 0.679. The Morgan fingerprint density at radius 1 is 1.32 bits per heavy atom. The van der Waals surface area contributed by atoms with Gasteiger partial charge in [-0.1, -0.05) is 11.6 Å². The van der Waals surface area contributed by atoms with Gasteiger partial charge in [0.1, 0.15) is 5.82 Å². The molecule has 4 nitrogen and oxygen atoms in total. The van der Waals surface area contributed by atoms with Crippen molar-refractivity contribution in [3.63, 3.8) is 0 Å². The van der Waals surface area contributed by atoms with Crippen LogP contribution in [-0.4, -0.2) is 22.6 Å². The minimum Gasteiger partial charge on any atom is -0.368 e. The Morgan fingerprint density at radius 2 is 2.21 bits per heavy atom. The van der Waals surface area contributed by atoms with Gasteiger partial charge in [-0.25, -0.2) is 4.98 Å². The zero-order valence-corrected chi connectivity index (χ0v) is 11.9. The Balaban J connectivity index is 1.80. The standard InChI is InChI=1S/C15H24N4/c1-12(2)18-14-9-11-17-15(19-14)16-10-8-13-6-4-3-5-7-13/h6,9,11-12H,3-5,7-8,10H2,1-2H3,(H2,16,17,18,19). The van der Waals surface area contributed by atoms with Crippen LogP contribution in [0.4, 0.5) is 11.8 Å². The fraction of sp³-hybridized carbons (Fsp3) is 0.600. The van der Waals surface area contributed by atoms with Crippen molar-refractivity contribution in [1.82, 2.24) is 9.97 Å². The number of nitrogens with zero attached hydrogens (tertiary/aromatic N) is 2. The quantitative estimate of drug-likeness (QED) is 0.767. The maximum Gasteiger partial charge on any atom is 0.224 e. The molecule has 0 aliphatic heterocycles. The van der Waals surface area contributed by atoms with E-state index in [0.29, 0.717) is 12.0 Å². The van der Waals surface area contributed by atoms with Crippen LogP contribution < -0.4 is 10.6 Å². The second kappa shape index (κ2) is 7.12. The molecule has 0 fully saturated rings. The van der Waals surface area contributed by atoms with Crippen LogP contribution in [0, 0.1) is 0 Å². The van der Waals surface area contributed by atoms with Gasteiger partial charge in [0.2, 0.25) is 5.95 Å². The minimum atomic E-state index is 0.384. The van der Waals surface area contributed by atoms with Crippen molar-refractivity contribution in [3.05, 3.63) is 23.9 Å². The van der Waals surface area contributed by atoms with E-state index in [4.69, 9.17) is 0 Å². The molecule has 0 amide bonds. The normalized spacial score (nSPS) is 15.2. The third kappa shape index (κ3) is 4.89. The molecule has 0 spiro atoms. The summed E-state index contributed by atoms with van der Waals surface area (Å²) in [5.41, 5.74) is 1.58. The van der Waals surface area contributed by atoms with Gasteiger partial charge in [-0.05, 0) is 52.0 Å². The second-order valence-corrected chi connectivity index (χ2v) is 5.35. The zero-order chi connectivity index (χ0) is 13.5. The third-order valence-electron chi connectivity index (χ3n) is 3.21. The van der Waals surface area contributed by atoms with Crippen molar-refractivity contribution in [2.24, 2.45) is 0 Å². The topological polar surface area (TPSA) is 49.8 Å². The van der Waals surface area contributed by atoms with E-state index in [1.807, 2.05) is 6.07 Å². The van der Waals surface area contributed by atoms with Crippen LogP contribution >= 0.6 is 0 Å². The van der Waals surface area contributed by atoms with Gasteiger partial charge in [0.05, 0.1) is 0 Å². The fourth-order valence-electron chi connectivity index (χ4n) is 2.29.